The Balaban J connectivity index is 1.62. The molecule has 4 aromatic rings. The number of nitrogens with one attached hydrogen (secondary N) is 1. The first-order valence-corrected chi connectivity index (χ1v) is 12.3. The minimum atomic E-state index is -0.112. The van der Waals surface area contributed by atoms with Crippen LogP contribution < -0.4 is 10.1 Å². The molecule has 1 atom stereocenters. The van der Waals surface area contributed by atoms with E-state index in [0.29, 0.717) is 10.8 Å². The van der Waals surface area contributed by atoms with E-state index in [0.717, 1.165) is 59.7 Å². The number of ether oxygens (including phenoxy) is 1. The van der Waals surface area contributed by atoms with Crippen molar-refractivity contribution in [1.82, 2.24) is 4.90 Å². The quantitative estimate of drug-likeness (QED) is 0.353. The van der Waals surface area contributed by atoms with Gasteiger partial charge in [-0.25, -0.2) is 0 Å². The van der Waals surface area contributed by atoms with E-state index in [9.17, 15) is 4.79 Å². The van der Waals surface area contributed by atoms with Gasteiger partial charge in [-0.05, 0) is 73.1 Å². The number of amides is 1. The van der Waals surface area contributed by atoms with Gasteiger partial charge in [-0.3, -0.25) is 9.69 Å². The number of hydrogen-bond acceptors (Lipinski definition) is 5. The number of carbonyl (C=O) groups is 1. The summed E-state index contributed by atoms with van der Waals surface area (Å²) in [5.74, 6) is 2.20. The molecule has 6 heteroatoms. The maximum absolute atomic E-state index is 13.1. The molecular weight excluding hydrogens is 432 g/mol. The van der Waals surface area contributed by atoms with Gasteiger partial charge in [0.1, 0.15) is 17.1 Å². The van der Waals surface area contributed by atoms with Gasteiger partial charge in [-0.15, -0.1) is 11.3 Å². The summed E-state index contributed by atoms with van der Waals surface area (Å²) in [5, 5.41) is 6.02. The molecule has 2 aromatic carbocycles. The van der Waals surface area contributed by atoms with E-state index in [-0.39, 0.29) is 11.9 Å². The fraction of sp³-hybridized carbons (Fsp3) is 0.296. The minimum absolute atomic E-state index is 0.102. The Morgan fingerprint density at radius 3 is 2.55 bits per heavy atom. The maximum Gasteiger partial charge on any atom is 0.265 e. The summed E-state index contributed by atoms with van der Waals surface area (Å²) in [5.41, 5.74) is 2.65. The summed E-state index contributed by atoms with van der Waals surface area (Å²) < 4.78 is 11.9. The van der Waals surface area contributed by atoms with Gasteiger partial charge in [0, 0.05) is 5.39 Å². The van der Waals surface area contributed by atoms with Crippen LogP contribution in [-0.4, -0.2) is 31.0 Å². The number of piperidine rings is 1. The van der Waals surface area contributed by atoms with Crippen LogP contribution in [0, 0.1) is 5.92 Å². The smallest absolute Gasteiger partial charge is 0.265 e. The highest BCUT2D eigenvalue weighted by molar-refractivity contribution is 7.12. The first kappa shape index (κ1) is 21.7. The zero-order chi connectivity index (χ0) is 22.8. The van der Waals surface area contributed by atoms with Gasteiger partial charge >= 0.3 is 0 Å². The van der Waals surface area contributed by atoms with E-state index >= 15 is 0 Å². The summed E-state index contributed by atoms with van der Waals surface area (Å²) in [6.07, 6.45) is 2.29. The van der Waals surface area contributed by atoms with Crippen LogP contribution in [0.15, 0.2) is 70.5 Å². The van der Waals surface area contributed by atoms with Crippen LogP contribution in [-0.2, 0) is 0 Å². The molecule has 0 spiro atoms. The molecule has 170 valence electrons. The molecule has 1 aliphatic rings. The van der Waals surface area contributed by atoms with Crippen LogP contribution in [0.25, 0.3) is 11.0 Å². The Hall–Kier alpha value is -3.09. The molecule has 1 aliphatic heterocycles. The number of hydrogen-bond donors (Lipinski definition) is 1. The number of thiophene rings is 1. The standard InChI is InChI=1S/C27H28N2O3S/c1-18-13-15-29(16-14-18)25(19-9-11-20(31-2)12-10-19)26-24(21-6-3-4-7-22(21)32-26)28-27(30)23-8-5-17-33-23/h3-12,17-18,25H,13-16H2,1-2H3,(H,28,30)/t25-/m0/s1. The highest BCUT2D eigenvalue weighted by atomic mass is 32.1. The molecule has 3 heterocycles. The number of likely N-dealkylation sites (tertiary alicyclic amines) is 1. The lowest BCUT2D eigenvalue weighted by molar-refractivity contribution is 0.102. The molecule has 0 bridgehead atoms. The normalized spacial score (nSPS) is 16.1. The van der Waals surface area contributed by atoms with Gasteiger partial charge in [-0.1, -0.05) is 37.3 Å². The zero-order valence-corrected chi connectivity index (χ0v) is 19.7. The maximum atomic E-state index is 13.1. The SMILES string of the molecule is COc1ccc([C@@H](c2oc3ccccc3c2NC(=O)c2cccs2)N2CCC(C)CC2)cc1. The number of carbonyl (C=O) groups excluding carboxylic acids is 1. The van der Waals surface area contributed by atoms with Crippen molar-refractivity contribution in [2.75, 3.05) is 25.5 Å². The van der Waals surface area contributed by atoms with Crippen molar-refractivity contribution in [2.45, 2.75) is 25.8 Å². The van der Waals surface area contributed by atoms with E-state index in [1.807, 2.05) is 53.9 Å². The van der Waals surface area contributed by atoms with Crippen LogP contribution in [0.1, 0.15) is 46.8 Å². The fourth-order valence-electron chi connectivity index (χ4n) is 4.57. The molecule has 1 fully saturated rings. The zero-order valence-electron chi connectivity index (χ0n) is 18.9. The predicted molar refractivity (Wildman–Crippen MR) is 133 cm³/mol. The summed E-state index contributed by atoms with van der Waals surface area (Å²) in [4.78, 5) is 16.2. The molecule has 0 unspecified atom stereocenters. The lowest BCUT2D eigenvalue weighted by atomic mass is 9.94. The molecule has 0 radical (unpaired) electrons. The highest BCUT2D eigenvalue weighted by Gasteiger charge is 2.32. The van der Waals surface area contributed by atoms with E-state index in [1.165, 1.54) is 11.3 Å². The number of methoxy groups -OCH3 is 1. The summed E-state index contributed by atoms with van der Waals surface area (Å²) >= 11 is 1.43. The third-order valence-corrected chi connectivity index (χ3v) is 7.34. The third-order valence-electron chi connectivity index (χ3n) is 6.47. The van der Waals surface area contributed by atoms with E-state index in [2.05, 4.69) is 29.3 Å². The van der Waals surface area contributed by atoms with Gasteiger partial charge in [0.25, 0.3) is 5.91 Å². The minimum Gasteiger partial charge on any atom is -0.497 e. The lowest BCUT2D eigenvalue weighted by Gasteiger charge is -2.36. The highest BCUT2D eigenvalue weighted by Crippen LogP contribution is 2.42. The number of furan rings is 1. The molecule has 33 heavy (non-hydrogen) atoms. The number of fused-ring (bicyclic) bond motifs is 1. The first-order chi connectivity index (χ1) is 16.1. The Kier molecular flexibility index (Phi) is 6.20. The molecule has 0 aliphatic carbocycles. The summed E-state index contributed by atoms with van der Waals surface area (Å²) in [7, 11) is 1.68. The van der Waals surface area contributed by atoms with Crippen molar-refractivity contribution >= 4 is 33.9 Å². The van der Waals surface area contributed by atoms with Crippen LogP contribution >= 0.6 is 11.3 Å². The summed E-state index contributed by atoms with van der Waals surface area (Å²) in [6, 6.07) is 19.7. The molecule has 2 aromatic heterocycles. The molecule has 5 nitrogen and oxygen atoms in total. The van der Waals surface area contributed by atoms with Crippen LogP contribution in [0.5, 0.6) is 5.75 Å². The first-order valence-electron chi connectivity index (χ1n) is 11.4. The van der Waals surface area contributed by atoms with Crippen molar-refractivity contribution in [3.8, 4) is 5.75 Å². The van der Waals surface area contributed by atoms with Gasteiger partial charge < -0.3 is 14.5 Å². The van der Waals surface area contributed by atoms with Gasteiger partial charge in [0.05, 0.1) is 23.7 Å². The molecule has 1 N–H and O–H groups in total. The van der Waals surface area contributed by atoms with Crippen LogP contribution in [0.2, 0.25) is 0 Å². The second kappa shape index (κ2) is 9.41. The Morgan fingerprint density at radius 2 is 1.85 bits per heavy atom. The van der Waals surface area contributed by atoms with Crippen molar-refractivity contribution in [3.63, 3.8) is 0 Å². The van der Waals surface area contributed by atoms with Crippen LogP contribution in [0.4, 0.5) is 5.69 Å². The number of rotatable bonds is 6. The van der Waals surface area contributed by atoms with Gasteiger partial charge in [-0.2, -0.15) is 0 Å². The van der Waals surface area contributed by atoms with Crippen molar-refractivity contribution in [3.05, 3.63) is 82.2 Å². The average molecular weight is 461 g/mol. The Labute approximate surface area is 198 Å². The third kappa shape index (κ3) is 4.41. The van der Waals surface area contributed by atoms with Gasteiger partial charge in [0.15, 0.2) is 0 Å². The largest absolute Gasteiger partial charge is 0.497 e. The number of nitrogens with zero attached hydrogens (tertiary/aromatic N) is 1. The number of para-hydroxylation sites is 1. The topological polar surface area (TPSA) is 54.7 Å². The monoisotopic (exact) mass is 460 g/mol. The second-order valence-corrected chi connectivity index (χ2v) is 9.61. The van der Waals surface area contributed by atoms with Crippen molar-refractivity contribution < 1.29 is 13.9 Å². The number of anilines is 1. The molecule has 1 saturated heterocycles. The van der Waals surface area contributed by atoms with Gasteiger partial charge in [0.2, 0.25) is 0 Å². The van der Waals surface area contributed by atoms with Crippen molar-refractivity contribution in [1.29, 1.82) is 0 Å². The predicted octanol–water partition coefficient (Wildman–Crippen LogP) is 6.58. The molecule has 5 rings (SSSR count). The molecule has 1 amide bonds. The fourth-order valence-corrected chi connectivity index (χ4v) is 5.19. The second-order valence-electron chi connectivity index (χ2n) is 8.66. The Morgan fingerprint density at radius 1 is 1.09 bits per heavy atom. The molecular formula is C27H28N2O3S. The Bertz CT molecular complexity index is 1220. The van der Waals surface area contributed by atoms with Crippen LogP contribution in [0.3, 0.4) is 0 Å². The molecule has 0 saturated carbocycles. The van der Waals surface area contributed by atoms with Crippen molar-refractivity contribution in [2.24, 2.45) is 5.92 Å². The number of benzene rings is 2. The summed E-state index contributed by atoms with van der Waals surface area (Å²) in [6.45, 7) is 4.27. The van der Waals surface area contributed by atoms with E-state index in [1.54, 1.807) is 7.11 Å². The average Bonchev–Trinajstić information content (AvgIpc) is 3.50. The van der Waals surface area contributed by atoms with E-state index in [4.69, 9.17) is 9.15 Å². The lowest BCUT2D eigenvalue weighted by Crippen LogP contribution is -2.37. The van der Waals surface area contributed by atoms with E-state index < -0.39 is 0 Å².